The lowest BCUT2D eigenvalue weighted by Gasteiger charge is -2.30. The summed E-state index contributed by atoms with van der Waals surface area (Å²) in [4.78, 5) is 11.0. The molecule has 0 radical (unpaired) electrons. The summed E-state index contributed by atoms with van der Waals surface area (Å²) in [5.74, 6) is -1.48. The number of esters is 1. The first-order valence-corrected chi connectivity index (χ1v) is 3.67. The molecule has 0 aromatic heterocycles. The maximum absolute atomic E-state index is 12.5. The Kier molecular flexibility index (Phi) is 4.12. The zero-order valence-electron chi connectivity index (χ0n) is 7.85. The van der Waals surface area contributed by atoms with Crippen molar-refractivity contribution >= 4 is 5.97 Å². The molecule has 0 aromatic rings. The van der Waals surface area contributed by atoms with Crippen LogP contribution in [0.2, 0.25) is 0 Å². The quantitative estimate of drug-likeness (QED) is 0.525. The van der Waals surface area contributed by atoms with E-state index in [1.807, 2.05) is 0 Å². The Hall–Kier alpha value is -1.04. The van der Waals surface area contributed by atoms with Gasteiger partial charge >= 0.3 is 12.1 Å². The maximum Gasteiger partial charge on any atom is 0.428 e. The van der Waals surface area contributed by atoms with Crippen LogP contribution in [0.4, 0.5) is 13.2 Å². The molecule has 0 bridgehead atoms. The molecule has 6 heteroatoms. The van der Waals surface area contributed by atoms with Crippen molar-refractivity contribution in [3.8, 4) is 0 Å². The van der Waals surface area contributed by atoms with Crippen molar-refractivity contribution in [3.63, 3.8) is 0 Å². The number of methoxy groups -OCH3 is 2. The molecule has 0 spiro atoms. The molecule has 1 atom stereocenters. The van der Waals surface area contributed by atoms with Gasteiger partial charge in [-0.05, 0) is 0 Å². The molecule has 0 heterocycles. The van der Waals surface area contributed by atoms with Gasteiger partial charge in [-0.2, -0.15) is 13.2 Å². The van der Waals surface area contributed by atoms with Crippen LogP contribution >= 0.6 is 0 Å². The minimum Gasteiger partial charge on any atom is -0.467 e. The largest absolute Gasteiger partial charge is 0.467 e. The third-order valence-corrected chi connectivity index (χ3v) is 1.75. The number of ether oxygens (including phenoxy) is 2. The van der Waals surface area contributed by atoms with E-state index in [4.69, 9.17) is 0 Å². The van der Waals surface area contributed by atoms with Crippen LogP contribution in [0.5, 0.6) is 0 Å². The molecule has 0 aliphatic rings. The minimum absolute atomic E-state index is 0.681. The summed E-state index contributed by atoms with van der Waals surface area (Å²) in [7, 11) is 1.67. The first-order chi connectivity index (χ1) is 6.35. The van der Waals surface area contributed by atoms with E-state index >= 15 is 0 Å². The molecule has 0 aliphatic carbocycles. The minimum atomic E-state index is -4.83. The first-order valence-electron chi connectivity index (χ1n) is 3.67. The highest BCUT2D eigenvalue weighted by Crippen LogP contribution is 2.37. The molecular weight excluding hydrogens is 201 g/mol. The average Bonchev–Trinajstić information content (AvgIpc) is 2.11. The van der Waals surface area contributed by atoms with E-state index in [0.717, 1.165) is 20.3 Å². The average molecular weight is 212 g/mol. The predicted octanol–water partition coefficient (Wildman–Crippen LogP) is 1.68. The van der Waals surface area contributed by atoms with Gasteiger partial charge in [-0.1, -0.05) is 6.08 Å². The smallest absolute Gasteiger partial charge is 0.428 e. The summed E-state index contributed by atoms with van der Waals surface area (Å²) in [5, 5.41) is 0. The van der Waals surface area contributed by atoms with Crippen molar-refractivity contribution < 1.29 is 27.4 Å². The summed E-state index contributed by atoms with van der Waals surface area (Å²) in [6, 6.07) is 0. The maximum atomic E-state index is 12.5. The number of alkyl halides is 3. The molecule has 0 saturated heterocycles. The Morgan fingerprint density at radius 2 is 1.93 bits per heavy atom. The lowest BCUT2D eigenvalue weighted by atomic mass is 9.99. The summed E-state index contributed by atoms with van der Waals surface area (Å²) < 4.78 is 45.9. The number of rotatable bonds is 4. The van der Waals surface area contributed by atoms with Gasteiger partial charge in [0.1, 0.15) is 0 Å². The first kappa shape index (κ1) is 13.0. The number of hydrogen-bond acceptors (Lipinski definition) is 3. The molecule has 14 heavy (non-hydrogen) atoms. The molecule has 3 nitrogen and oxygen atoms in total. The number of carbonyl (C=O) groups excluding carboxylic acids is 1. The molecule has 0 N–H and O–H groups in total. The summed E-state index contributed by atoms with van der Waals surface area (Å²) in [6.45, 7) is 3.14. The van der Waals surface area contributed by atoms with E-state index in [9.17, 15) is 18.0 Å². The van der Waals surface area contributed by atoms with Gasteiger partial charge in [-0.15, -0.1) is 6.58 Å². The van der Waals surface area contributed by atoms with Crippen LogP contribution in [0.15, 0.2) is 12.7 Å². The topological polar surface area (TPSA) is 35.5 Å². The predicted molar refractivity (Wildman–Crippen MR) is 42.6 cm³/mol. The number of halogens is 3. The lowest BCUT2D eigenvalue weighted by molar-refractivity contribution is -0.268. The van der Waals surface area contributed by atoms with Crippen LogP contribution in [0.3, 0.4) is 0 Å². The molecule has 1 unspecified atom stereocenters. The van der Waals surface area contributed by atoms with Gasteiger partial charge in [-0.3, -0.25) is 0 Å². The second-order valence-corrected chi connectivity index (χ2v) is 2.51. The van der Waals surface area contributed by atoms with Crippen molar-refractivity contribution in [2.24, 2.45) is 0 Å². The highest BCUT2D eigenvalue weighted by atomic mass is 19.4. The monoisotopic (exact) mass is 212 g/mol. The zero-order chi connectivity index (χ0) is 11.4. The molecule has 0 saturated carbocycles. The standard InChI is InChI=1S/C8H11F3O3/c1-4-5-7(14-3,6(12)13-2)8(9,10)11/h4H,1,5H2,2-3H3. The van der Waals surface area contributed by atoms with Crippen LogP contribution < -0.4 is 0 Å². The van der Waals surface area contributed by atoms with Crippen molar-refractivity contribution in [2.75, 3.05) is 14.2 Å². The molecule has 82 valence electrons. The fourth-order valence-corrected chi connectivity index (χ4v) is 0.965. The molecular formula is C8H11F3O3. The highest BCUT2D eigenvalue weighted by molar-refractivity contribution is 5.80. The van der Waals surface area contributed by atoms with Crippen LogP contribution in [0.1, 0.15) is 6.42 Å². The number of carbonyl (C=O) groups is 1. The van der Waals surface area contributed by atoms with Crippen molar-refractivity contribution in [3.05, 3.63) is 12.7 Å². The Bertz CT molecular complexity index is 224. The second kappa shape index (κ2) is 4.45. The fourth-order valence-electron chi connectivity index (χ4n) is 0.965. The van der Waals surface area contributed by atoms with Crippen molar-refractivity contribution in [1.82, 2.24) is 0 Å². The fraction of sp³-hybridized carbons (Fsp3) is 0.625. The van der Waals surface area contributed by atoms with Crippen LogP contribution in [0, 0.1) is 0 Å². The van der Waals surface area contributed by atoms with Gasteiger partial charge in [0.25, 0.3) is 5.60 Å². The zero-order valence-corrected chi connectivity index (χ0v) is 7.85. The van der Waals surface area contributed by atoms with E-state index in [0.29, 0.717) is 0 Å². The van der Waals surface area contributed by atoms with E-state index in [1.165, 1.54) is 0 Å². The number of hydrogen-bond donors (Lipinski definition) is 0. The second-order valence-electron chi connectivity index (χ2n) is 2.51. The lowest BCUT2D eigenvalue weighted by Crippen LogP contribution is -2.53. The Morgan fingerprint density at radius 1 is 1.43 bits per heavy atom. The van der Waals surface area contributed by atoms with E-state index in [1.54, 1.807) is 0 Å². The van der Waals surface area contributed by atoms with E-state index < -0.39 is 24.2 Å². The Morgan fingerprint density at radius 3 is 2.14 bits per heavy atom. The molecule has 0 aliphatic heterocycles. The van der Waals surface area contributed by atoms with Crippen LogP contribution in [-0.4, -0.2) is 32.0 Å². The summed E-state index contributed by atoms with van der Waals surface area (Å²) in [5.41, 5.74) is -2.94. The third-order valence-electron chi connectivity index (χ3n) is 1.75. The van der Waals surface area contributed by atoms with Gasteiger partial charge in [0.15, 0.2) is 0 Å². The van der Waals surface area contributed by atoms with Gasteiger partial charge in [0.2, 0.25) is 0 Å². The van der Waals surface area contributed by atoms with Gasteiger partial charge in [0.05, 0.1) is 7.11 Å². The molecule has 0 rings (SSSR count). The van der Waals surface area contributed by atoms with Gasteiger partial charge < -0.3 is 9.47 Å². The van der Waals surface area contributed by atoms with Gasteiger partial charge in [0, 0.05) is 13.5 Å². The van der Waals surface area contributed by atoms with Crippen molar-refractivity contribution in [2.45, 2.75) is 18.2 Å². The SMILES string of the molecule is C=CCC(OC)(C(=O)OC)C(F)(F)F. The summed E-state index contributed by atoms with van der Waals surface area (Å²) in [6.07, 6.45) is -4.56. The van der Waals surface area contributed by atoms with Crippen molar-refractivity contribution in [1.29, 1.82) is 0 Å². The van der Waals surface area contributed by atoms with Gasteiger partial charge in [-0.25, -0.2) is 4.79 Å². The highest BCUT2D eigenvalue weighted by Gasteiger charge is 2.61. The van der Waals surface area contributed by atoms with Crippen LogP contribution in [0.25, 0.3) is 0 Å². The molecule has 0 fully saturated rings. The Labute approximate surface area is 79.5 Å². The Balaban J connectivity index is 5.18. The van der Waals surface area contributed by atoms with E-state index in [2.05, 4.69) is 16.1 Å². The normalized spacial score (nSPS) is 15.8. The molecule has 0 amide bonds. The third kappa shape index (κ3) is 2.06. The van der Waals surface area contributed by atoms with Crippen LogP contribution in [-0.2, 0) is 14.3 Å². The molecule has 0 aromatic carbocycles. The summed E-state index contributed by atoms with van der Waals surface area (Å²) >= 11 is 0. The van der Waals surface area contributed by atoms with E-state index in [-0.39, 0.29) is 0 Å².